The summed E-state index contributed by atoms with van der Waals surface area (Å²) in [5, 5.41) is 3.01. The molecule has 3 aromatic rings. The summed E-state index contributed by atoms with van der Waals surface area (Å²) in [5.41, 5.74) is 3.35. The molecule has 1 aliphatic rings. The van der Waals surface area contributed by atoms with Gasteiger partial charge in [-0.25, -0.2) is 0 Å². The molecule has 0 spiro atoms. The number of carbonyl (C=O) groups is 1. The highest BCUT2D eigenvalue weighted by molar-refractivity contribution is 5.92. The molecule has 8 heteroatoms. The van der Waals surface area contributed by atoms with Crippen molar-refractivity contribution >= 4 is 12.0 Å². The minimum Gasteiger partial charge on any atom is -0.492 e. The Balaban J connectivity index is 1.27. The summed E-state index contributed by atoms with van der Waals surface area (Å²) in [6.45, 7) is 6.09. The largest absolute Gasteiger partial charge is 0.492 e. The zero-order chi connectivity index (χ0) is 28.9. The first-order valence-electron chi connectivity index (χ1n) is 14.0. The second-order valence-electron chi connectivity index (χ2n) is 9.79. The highest BCUT2D eigenvalue weighted by atomic mass is 16.5. The monoisotopic (exact) mass is 559 g/mol. The first-order valence-corrected chi connectivity index (χ1v) is 14.0. The van der Waals surface area contributed by atoms with Gasteiger partial charge in [-0.2, -0.15) is 0 Å². The molecule has 1 fully saturated rings. The fourth-order valence-electron chi connectivity index (χ4n) is 5.14. The first kappa shape index (κ1) is 30.1. The Hall–Kier alpha value is -3.85. The summed E-state index contributed by atoms with van der Waals surface area (Å²) >= 11 is 0. The molecule has 0 atom stereocenters. The van der Waals surface area contributed by atoms with E-state index in [0.717, 1.165) is 38.3 Å². The number of amides is 1. The van der Waals surface area contributed by atoms with Crippen molar-refractivity contribution in [2.75, 3.05) is 73.8 Å². The van der Waals surface area contributed by atoms with Crippen LogP contribution in [0, 0.1) is 0 Å². The van der Waals surface area contributed by atoms with Crippen LogP contribution in [0.5, 0.6) is 17.2 Å². The zero-order valence-corrected chi connectivity index (χ0v) is 24.3. The van der Waals surface area contributed by atoms with E-state index in [9.17, 15) is 4.79 Å². The van der Waals surface area contributed by atoms with E-state index in [-0.39, 0.29) is 11.9 Å². The minimum absolute atomic E-state index is 0.154. The number of piperazine rings is 1. The van der Waals surface area contributed by atoms with E-state index in [1.807, 2.05) is 6.07 Å². The molecular weight excluding hydrogens is 518 g/mol. The van der Waals surface area contributed by atoms with Crippen LogP contribution in [-0.2, 0) is 9.53 Å². The van der Waals surface area contributed by atoms with Gasteiger partial charge >= 0.3 is 0 Å². The molecule has 1 heterocycles. The second kappa shape index (κ2) is 15.8. The van der Waals surface area contributed by atoms with E-state index < -0.39 is 0 Å². The van der Waals surface area contributed by atoms with E-state index in [2.05, 4.69) is 75.8 Å². The number of nitrogens with one attached hydrogen (secondary N) is 1. The van der Waals surface area contributed by atoms with E-state index in [1.165, 1.54) is 17.2 Å². The topological polar surface area (TPSA) is 72.5 Å². The number of ether oxygens (including phenoxy) is 4. The van der Waals surface area contributed by atoms with E-state index in [0.29, 0.717) is 37.0 Å². The van der Waals surface area contributed by atoms with Crippen LogP contribution in [0.25, 0.3) is 6.08 Å². The zero-order valence-electron chi connectivity index (χ0n) is 24.3. The Morgan fingerprint density at radius 2 is 1.46 bits per heavy atom. The third kappa shape index (κ3) is 8.33. The van der Waals surface area contributed by atoms with Crippen molar-refractivity contribution in [1.29, 1.82) is 0 Å². The Morgan fingerprint density at radius 1 is 0.829 bits per heavy atom. The lowest BCUT2D eigenvalue weighted by Gasteiger charge is -2.39. The number of rotatable bonds is 14. The van der Waals surface area contributed by atoms with Crippen molar-refractivity contribution in [3.63, 3.8) is 0 Å². The molecule has 4 rings (SSSR count). The molecule has 1 aliphatic heterocycles. The van der Waals surface area contributed by atoms with Gasteiger partial charge in [0.25, 0.3) is 0 Å². The van der Waals surface area contributed by atoms with Gasteiger partial charge in [0, 0.05) is 58.0 Å². The van der Waals surface area contributed by atoms with Crippen molar-refractivity contribution in [2.24, 2.45) is 0 Å². The van der Waals surface area contributed by atoms with Crippen LogP contribution in [0.4, 0.5) is 0 Å². The fourth-order valence-corrected chi connectivity index (χ4v) is 5.14. The van der Waals surface area contributed by atoms with E-state index in [1.54, 1.807) is 33.5 Å². The fraction of sp³-hybridized carbons (Fsp3) is 0.364. The van der Waals surface area contributed by atoms with E-state index in [4.69, 9.17) is 18.9 Å². The van der Waals surface area contributed by atoms with Crippen LogP contribution < -0.4 is 19.5 Å². The molecule has 1 saturated heterocycles. The van der Waals surface area contributed by atoms with Gasteiger partial charge in [-0.3, -0.25) is 14.6 Å². The molecular formula is C33H41N3O5. The van der Waals surface area contributed by atoms with Gasteiger partial charge < -0.3 is 24.3 Å². The number of benzene rings is 3. The standard InChI is InChI=1S/C33H41N3O5/c1-38-24-25-41-29-16-14-28(32(39-2)33(29)40-3)15-17-30(37)34-18-19-35-20-22-36(23-21-35)31(26-10-6-4-7-11-26)27-12-8-5-9-13-27/h4-17,31H,18-25H2,1-3H3,(H,34,37). The molecule has 0 bridgehead atoms. The summed E-state index contributed by atoms with van der Waals surface area (Å²) in [5.74, 6) is 1.39. The molecule has 41 heavy (non-hydrogen) atoms. The maximum atomic E-state index is 12.6. The van der Waals surface area contributed by atoms with Gasteiger partial charge in [-0.05, 0) is 29.3 Å². The SMILES string of the molecule is COCCOc1ccc(C=CC(=O)NCCN2CCN(C(c3ccccc3)c3ccccc3)CC2)c(OC)c1OC. The third-order valence-corrected chi connectivity index (χ3v) is 7.20. The smallest absolute Gasteiger partial charge is 0.244 e. The Bertz CT molecular complexity index is 1200. The number of hydrogen-bond acceptors (Lipinski definition) is 7. The van der Waals surface area contributed by atoms with Crippen LogP contribution >= 0.6 is 0 Å². The normalized spacial score (nSPS) is 14.3. The molecule has 1 amide bonds. The Morgan fingerprint density at radius 3 is 2.05 bits per heavy atom. The summed E-state index contributed by atoms with van der Waals surface area (Å²) in [6.07, 6.45) is 3.24. The van der Waals surface area contributed by atoms with Crippen LogP contribution in [0.15, 0.2) is 78.9 Å². The minimum atomic E-state index is -0.154. The summed E-state index contributed by atoms with van der Waals surface area (Å²) in [4.78, 5) is 17.5. The van der Waals surface area contributed by atoms with Crippen molar-refractivity contribution in [2.45, 2.75) is 6.04 Å². The maximum Gasteiger partial charge on any atom is 0.244 e. The molecule has 0 aromatic heterocycles. The van der Waals surface area contributed by atoms with Crippen molar-refractivity contribution < 1.29 is 23.7 Å². The molecule has 8 nitrogen and oxygen atoms in total. The number of carbonyl (C=O) groups excluding carboxylic acids is 1. The summed E-state index contributed by atoms with van der Waals surface area (Å²) in [7, 11) is 4.74. The third-order valence-electron chi connectivity index (χ3n) is 7.20. The average Bonchev–Trinajstić information content (AvgIpc) is 3.02. The first-order chi connectivity index (χ1) is 20.1. The van der Waals surface area contributed by atoms with Gasteiger partial charge in [-0.15, -0.1) is 0 Å². The van der Waals surface area contributed by atoms with Gasteiger partial charge in [0.05, 0.1) is 26.9 Å². The van der Waals surface area contributed by atoms with Gasteiger partial charge in [0.1, 0.15) is 6.61 Å². The molecule has 3 aromatic carbocycles. The van der Waals surface area contributed by atoms with Crippen LogP contribution in [0.1, 0.15) is 22.7 Å². The van der Waals surface area contributed by atoms with Crippen LogP contribution in [-0.4, -0.2) is 89.5 Å². The lowest BCUT2D eigenvalue weighted by molar-refractivity contribution is -0.116. The summed E-state index contributed by atoms with van der Waals surface area (Å²) in [6, 6.07) is 25.3. The molecule has 1 N–H and O–H groups in total. The second-order valence-corrected chi connectivity index (χ2v) is 9.79. The maximum absolute atomic E-state index is 12.6. The van der Waals surface area contributed by atoms with Crippen molar-refractivity contribution in [3.8, 4) is 17.2 Å². The van der Waals surface area contributed by atoms with Gasteiger partial charge in [0.2, 0.25) is 11.7 Å². The number of nitrogens with zero attached hydrogens (tertiary/aromatic N) is 2. The highest BCUT2D eigenvalue weighted by Crippen LogP contribution is 2.40. The molecule has 218 valence electrons. The number of methoxy groups -OCH3 is 3. The van der Waals surface area contributed by atoms with Crippen molar-refractivity contribution in [1.82, 2.24) is 15.1 Å². The average molecular weight is 560 g/mol. The van der Waals surface area contributed by atoms with Crippen molar-refractivity contribution in [3.05, 3.63) is 95.6 Å². The molecule has 0 unspecified atom stereocenters. The summed E-state index contributed by atoms with van der Waals surface area (Å²) < 4.78 is 21.8. The lowest BCUT2D eigenvalue weighted by Crippen LogP contribution is -2.49. The predicted molar refractivity (Wildman–Crippen MR) is 162 cm³/mol. The Labute approximate surface area is 243 Å². The Kier molecular flexibility index (Phi) is 11.6. The lowest BCUT2D eigenvalue weighted by atomic mass is 9.96. The van der Waals surface area contributed by atoms with Gasteiger partial charge in [-0.1, -0.05) is 60.7 Å². The quantitative estimate of drug-likeness (QED) is 0.234. The molecule has 0 saturated carbocycles. The number of hydrogen-bond donors (Lipinski definition) is 1. The van der Waals surface area contributed by atoms with E-state index >= 15 is 0 Å². The molecule has 0 aliphatic carbocycles. The molecule has 0 radical (unpaired) electrons. The van der Waals surface area contributed by atoms with Gasteiger partial charge in [0.15, 0.2) is 11.5 Å². The van der Waals surface area contributed by atoms with Crippen LogP contribution in [0.3, 0.4) is 0 Å². The predicted octanol–water partition coefficient (Wildman–Crippen LogP) is 4.27. The van der Waals surface area contributed by atoms with Crippen LogP contribution in [0.2, 0.25) is 0 Å². The highest BCUT2D eigenvalue weighted by Gasteiger charge is 2.26.